The van der Waals surface area contributed by atoms with Crippen LogP contribution in [0.25, 0.3) is 0 Å². The van der Waals surface area contributed by atoms with Gasteiger partial charge in [0.2, 0.25) is 0 Å². The third-order valence-corrected chi connectivity index (χ3v) is 6.17. The summed E-state index contributed by atoms with van der Waals surface area (Å²) in [6.45, 7) is -2.18. The monoisotopic (exact) mass is 458 g/mol. The van der Waals surface area contributed by atoms with Crippen molar-refractivity contribution in [3.8, 4) is 6.07 Å². The lowest BCUT2D eigenvalue weighted by Gasteiger charge is -2.34. The highest BCUT2D eigenvalue weighted by Crippen LogP contribution is 2.34. The van der Waals surface area contributed by atoms with Crippen molar-refractivity contribution in [1.82, 2.24) is 14.1 Å². The highest BCUT2D eigenvalue weighted by atomic mass is 35.5. The summed E-state index contributed by atoms with van der Waals surface area (Å²) >= 11 is 6.77. The highest BCUT2D eigenvalue weighted by Gasteiger charge is 2.29. The maximum Gasteiger partial charge on any atom is 0.325 e. The molecule has 0 spiro atoms. The van der Waals surface area contributed by atoms with Crippen molar-refractivity contribution in [3.63, 3.8) is 0 Å². The highest BCUT2D eigenvalue weighted by molar-refractivity contribution is 7.98. The largest absolute Gasteiger partial charge is 0.385 e. The first kappa shape index (κ1) is 22.3. The smallest absolute Gasteiger partial charge is 0.325 e. The minimum atomic E-state index is -2.95. The predicted molar refractivity (Wildman–Crippen MR) is 110 cm³/mol. The summed E-state index contributed by atoms with van der Waals surface area (Å²) in [4.78, 5) is 12.4. The maximum absolute atomic E-state index is 14.2. The van der Waals surface area contributed by atoms with Crippen molar-refractivity contribution >= 4 is 35.1 Å². The maximum atomic E-state index is 14.2. The van der Waals surface area contributed by atoms with Crippen LogP contribution in [0.3, 0.4) is 0 Å². The Kier molecular flexibility index (Phi) is 7.12. The van der Waals surface area contributed by atoms with Crippen LogP contribution in [0, 0.1) is 17.1 Å². The summed E-state index contributed by atoms with van der Waals surface area (Å²) in [7, 11) is 1.63. The van der Waals surface area contributed by atoms with Crippen LogP contribution < -0.4 is 15.2 Å². The number of halogens is 4. The molecule has 1 aromatic carbocycles. The Morgan fingerprint density at radius 1 is 1.40 bits per heavy atom. The number of rotatable bonds is 6. The van der Waals surface area contributed by atoms with Crippen molar-refractivity contribution in [2.45, 2.75) is 25.4 Å². The summed E-state index contributed by atoms with van der Waals surface area (Å²) in [5, 5.41) is 15.8. The molecule has 0 atom stereocenters. The molecule has 1 aromatic heterocycles. The first-order chi connectivity index (χ1) is 14.3. The van der Waals surface area contributed by atoms with Crippen molar-refractivity contribution in [1.29, 1.82) is 5.26 Å². The van der Waals surface area contributed by atoms with Crippen LogP contribution in [-0.2, 0) is 0 Å². The molecule has 2 heterocycles. The Morgan fingerprint density at radius 3 is 2.67 bits per heavy atom. The van der Waals surface area contributed by atoms with E-state index in [1.54, 1.807) is 17.4 Å². The molecule has 0 unspecified atom stereocenters. The van der Waals surface area contributed by atoms with Gasteiger partial charge in [0, 0.05) is 32.3 Å². The number of aromatic nitrogens is 2. The van der Waals surface area contributed by atoms with E-state index in [4.69, 9.17) is 16.9 Å². The van der Waals surface area contributed by atoms with Crippen molar-refractivity contribution in [3.05, 3.63) is 51.2 Å². The molecule has 1 aliphatic rings. The standard InChI is InChI=1S/C18H18ClF3N6OS/c1-24-14-10-25-27(17(29)16(14)19)12-4-6-26(7-5-12)30-28(18(21)22)15-3-2-11(9-23)8-13(15)20/h2-3,8,10,12,18,24H,4-7H2,1H3. The fraction of sp³-hybridized carbons (Fsp3) is 0.389. The van der Waals surface area contributed by atoms with Gasteiger partial charge in [-0.3, -0.25) is 4.79 Å². The fourth-order valence-corrected chi connectivity index (χ4v) is 4.27. The number of anilines is 2. The zero-order valence-corrected chi connectivity index (χ0v) is 17.4. The molecule has 1 saturated heterocycles. The average Bonchev–Trinajstić information content (AvgIpc) is 2.74. The number of nitrogens with one attached hydrogen (secondary N) is 1. The Morgan fingerprint density at radius 2 is 2.10 bits per heavy atom. The van der Waals surface area contributed by atoms with Gasteiger partial charge in [0.1, 0.15) is 10.8 Å². The molecular weight excluding hydrogens is 441 g/mol. The lowest BCUT2D eigenvalue weighted by atomic mass is 10.1. The van der Waals surface area contributed by atoms with Crippen LogP contribution in [0.15, 0.2) is 29.2 Å². The Bertz CT molecular complexity index is 1010. The molecular formula is C18H18ClF3N6OS. The zero-order chi connectivity index (χ0) is 21.8. The van der Waals surface area contributed by atoms with Crippen molar-refractivity contribution < 1.29 is 13.2 Å². The summed E-state index contributed by atoms with van der Waals surface area (Å²) in [6.07, 6.45) is 2.45. The lowest BCUT2D eigenvalue weighted by Crippen LogP contribution is -2.38. The molecule has 1 aliphatic heterocycles. The third-order valence-electron chi connectivity index (χ3n) is 4.68. The summed E-state index contributed by atoms with van der Waals surface area (Å²) in [5.74, 6) is -0.897. The minimum Gasteiger partial charge on any atom is -0.385 e. The molecule has 0 saturated carbocycles. The summed E-state index contributed by atoms with van der Waals surface area (Å²) < 4.78 is 44.9. The van der Waals surface area contributed by atoms with E-state index >= 15 is 0 Å². The number of hydrogen-bond donors (Lipinski definition) is 1. The van der Waals surface area contributed by atoms with Crippen molar-refractivity contribution in [2.24, 2.45) is 0 Å². The Hall–Kier alpha value is -2.42. The van der Waals surface area contributed by atoms with E-state index in [1.165, 1.54) is 16.9 Å². The average molecular weight is 459 g/mol. The second-order valence-corrected chi connectivity index (χ2v) is 7.95. The number of piperidine rings is 1. The van der Waals surface area contributed by atoms with Gasteiger partial charge in [-0.1, -0.05) is 11.6 Å². The fourth-order valence-electron chi connectivity index (χ4n) is 3.11. The van der Waals surface area contributed by atoms with Gasteiger partial charge in [0.05, 0.1) is 35.2 Å². The van der Waals surface area contributed by atoms with Gasteiger partial charge in [-0.15, -0.1) is 0 Å². The zero-order valence-electron chi connectivity index (χ0n) is 15.9. The normalized spacial score (nSPS) is 15.2. The summed E-state index contributed by atoms with van der Waals surface area (Å²) in [5.41, 5.74) is -0.230. The topological polar surface area (TPSA) is 77.2 Å². The van der Waals surface area contributed by atoms with E-state index in [2.05, 4.69) is 10.4 Å². The number of hydrogen-bond acceptors (Lipinski definition) is 7. The molecule has 0 aliphatic carbocycles. The number of nitrogens with zero attached hydrogens (tertiary/aromatic N) is 5. The summed E-state index contributed by atoms with van der Waals surface area (Å²) in [6, 6.07) is 4.93. The van der Waals surface area contributed by atoms with Gasteiger partial charge in [0.15, 0.2) is 0 Å². The van der Waals surface area contributed by atoms with E-state index in [9.17, 15) is 18.0 Å². The number of benzene rings is 1. The molecule has 12 heteroatoms. The molecule has 1 fully saturated rings. The lowest BCUT2D eigenvalue weighted by molar-refractivity contribution is 0.162. The van der Waals surface area contributed by atoms with Crippen LogP contribution in [0.1, 0.15) is 24.4 Å². The van der Waals surface area contributed by atoms with Crippen LogP contribution in [0.5, 0.6) is 0 Å². The molecule has 160 valence electrons. The van der Waals surface area contributed by atoms with E-state index < -0.39 is 17.9 Å². The molecule has 0 bridgehead atoms. The van der Waals surface area contributed by atoms with Gasteiger partial charge < -0.3 is 5.32 Å². The molecule has 0 amide bonds. The van der Waals surface area contributed by atoms with Gasteiger partial charge in [0.25, 0.3) is 5.56 Å². The predicted octanol–water partition coefficient (Wildman–Crippen LogP) is 3.88. The Labute approximate surface area is 180 Å². The SMILES string of the molecule is CNc1cnn(C2CCN(SN(c3ccc(C#N)cc3F)C(F)F)CC2)c(=O)c1Cl. The second kappa shape index (κ2) is 9.59. The van der Waals surface area contributed by atoms with E-state index in [-0.39, 0.29) is 22.3 Å². The first-order valence-electron chi connectivity index (χ1n) is 9.00. The van der Waals surface area contributed by atoms with E-state index in [0.29, 0.717) is 48.1 Å². The van der Waals surface area contributed by atoms with Gasteiger partial charge in [-0.05, 0) is 31.0 Å². The van der Waals surface area contributed by atoms with Crippen molar-refractivity contribution in [2.75, 3.05) is 29.8 Å². The molecule has 7 nitrogen and oxygen atoms in total. The minimum absolute atomic E-state index is 0.0458. The number of nitriles is 1. The van der Waals surface area contributed by atoms with Crippen LogP contribution in [0.2, 0.25) is 5.02 Å². The van der Waals surface area contributed by atoms with Gasteiger partial charge in [-0.25, -0.2) is 17.7 Å². The molecule has 30 heavy (non-hydrogen) atoms. The van der Waals surface area contributed by atoms with Gasteiger partial charge in [-0.2, -0.15) is 19.1 Å². The third kappa shape index (κ3) is 4.66. The van der Waals surface area contributed by atoms with E-state index in [1.807, 2.05) is 0 Å². The second-order valence-electron chi connectivity index (χ2n) is 6.50. The molecule has 0 radical (unpaired) electrons. The quantitative estimate of drug-likeness (QED) is 0.520. The first-order valence-corrected chi connectivity index (χ1v) is 10.1. The van der Waals surface area contributed by atoms with Crippen LogP contribution in [0.4, 0.5) is 24.5 Å². The number of alkyl halides is 2. The van der Waals surface area contributed by atoms with Crippen LogP contribution in [-0.4, -0.2) is 40.8 Å². The van der Waals surface area contributed by atoms with Crippen LogP contribution >= 0.6 is 23.7 Å². The molecule has 1 N–H and O–H groups in total. The van der Waals surface area contributed by atoms with E-state index in [0.717, 1.165) is 12.1 Å². The Balaban J connectivity index is 1.69. The van der Waals surface area contributed by atoms with Gasteiger partial charge >= 0.3 is 6.55 Å². The molecule has 2 aromatic rings. The molecule has 3 rings (SSSR count).